The van der Waals surface area contributed by atoms with Crippen LogP contribution < -0.4 is 5.32 Å². The number of carbonyl (C=O) groups is 1. The first kappa shape index (κ1) is 17.7. The van der Waals surface area contributed by atoms with Crippen LogP contribution in [-0.4, -0.2) is 38.0 Å². The highest BCUT2D eigenvalue weighted by atomic mass is 16.1. The lowest BCUT2D eigenvalue weighted by Gasteiger charge is -2.18. The van der Waals surface area contributed by atoms with Crippen molar-refractivity contribution >= 4 is 5.91 Å². The van der Waals surface area contributed by atoms with Crippen LogP contribution in [0.2, 0.25) is 0 Å². The van der Waals surface area contributed by atoms with Crippen molar-refractivity contribution in [3.05, 3.63) is 35.4 Å². The summed E-state index contributed by atoms with van der Waals surface area (Å²) in [4.78, 5) is 14.4. The molecule has 0 aromatic heterocycles. The molecule has 0 saturated carbocycles. The lowest BCUT2D eigenvalue weighted by atomic mass is 9.90. The third-order valence-electron chi connectivity index (χ3n) is 3.62. The minimum atomic E-state index is -0.0840. The summed E-state index contributed by atoms with van der Waals surface area (Å²) >= 11 is 0. The van der Waals surface area contributed by atoms with E-state index in [0.717, 1.165) is 31.5 Å². The van der Waals surface area contributed by atoms with Gasteiger partial charge in [0.25, 0.3) is 0 Å². The second-order valence-electron chi connectivity index (χ2n) is 6.47. The molecular weight excluding hydrogens is 260 g/mol. The van der Waals surface area contributed by atoms with Crippen molar-refractivity contribution in [1.82, 2.24) is 10.2 Å². The van der Waals surface area contributed by atoms with Crippen LogP contribution in [0.25, 0.3) is 0 Å². The molecule has 3 heteroatoms. The fraction of sp³-hybridized carbons (Fsp3) is 0.611. The predicted molar refractivity (Wildman–Crippen MR) is 89.6 cm³/mol. The number of rotatable bonds is 8. The monoisotopic (exact) mass is 290 g/mol. The Balaban J connectivity index is 2.61. The third-order valence-corrected chi connectivity index (χ3v) is 3.62. The van der Waals surface area contributed by atoms with Crippen LogP contribution in [0.5, 0.6) is 0 Å². The topological polar surface area (TPSA) is 32.3 Å². The van der Waals surface area contributed by atoms with Gasteiger partial charge in [0.05, 0.1) is 5.92 Å². The van der Waals surface area contributed by atoms with E-state index in [1.54, 1.807) is 0 Å². The minimum Gasteiger partial charge on any atom is -0.356 e. The van der Waals surface area contributed by atoms with Crippen LogP contribution >= 0.6 is 0 Å². The zero-order valence-electron chi connectivity index (χ0n) is 14.1. The molecule has 0 fully saturated rings. The molecule has 0 spiro atoms. The average Bonchev–Trinajstić information content (AvgIpc) is 2.42. The molecule has 1 atom stereocenters. The number of benzene rings is 1. The van der Waals surface area contributed by atoms with E-state index in [9.17, 15) is 4.79 Å². The van der Waals surface area contributed by atoms with Gasteiger partial charge >= 0.3 is 0 Å². The molecular formula is C18H30N2O. The Morgan fingerprint density at radius 1 is 1.19 bits per heavy atom. The maximum atomic E-state index is 12.3. The minimum absolute atomic E-state index is 0.0840. The molecule has 1 amide bonds. The van der Waals surface area contributed by atoms with E-state index in [4.69, 9.17) is 0 Å². The Labute approximate surface area is 129 Å². The number of nitrogens with one attached hydrogen (secondary N) is 1. The van der Waals surface area contributed by atoms with Gasteiger partial charge in [-0.05, 0) is 57.5 Å². The maximum absolute atomic E-state index is 12.3. The zero-order chi connectivity index (χ0) is 15.8. The third kappa shape index (κ3) is 6.30. The van der Waals surface area contributed by atoms with Crippen LogP contribution in [0.15, 0.2) is 24.3 Å². The molecule has 3 nitrogen and oxygen atoms in total. The smallest absolute Gasteiger partial charge is 0.227 e. The number of nitrogens with zero attached hydrogens (tertiary/aromatic N) is 1. The van der Waals surface area contributed by atoms with Crippen molar-refractivity contribution in [2.45, 2.75) is 39.5 Å². The van der Waals surface area contributed by atoms with Gasteiger partial charge in [0.2, 0.25) is 5.91 Å². The summed E-state index contributed by atoms with van der Waals surface area (Å²) in [6.45, 7) is 8.16. The van der Waals surface area contributed by atoms with Gasteiger partial charge in [-0.1, -0.05) is 38.1 Å². The molecule has 1 aromatic carbocycles. The van der Waals surface area contributed by atoms with Crippen LogP contribution in [0.1, 0.15) is 44.2 Å². The summed E-state index contributed by atoms with van der Waals surface area (Å²) in [5, 5.41) is 3.05. The maximum Gasteiger partial charge on any atom is 0.227 e. The molecule has 1 rings (SSSR count). The Kier molecular flexibility index (Phi) is 7.44. The molecule has 0 aliphatic carbocycles. The first-order valence-corrected chi connectivity index (χ1v) is 7.92. The zero-order valence-corrected chi connectivity index (χ0v) is 14.1. The van der Waals surface area contributed by atoms with Gasteiger partial charge in [0, 0.05) is 6.54 Å². The summed E-state index contributed by atoms with van der Waals surface area (Å²) < 4.78 is 0. The van der Waals surface area contributed by atoms with Gasteiger partial charge < -0.3 is 10.2 Å². The standard InChI is InChI=1S/C18H30N2O/c1-14(2)13-16-9-6-7-10-17(16)15(3)18(21)19-11-8-12-20(4)5/h6-7,9-10,14-15H,8,11-13H2,1-5H3,(H,19,21). The Morgan fingerprint density at radius 2 is 1.86 bits per heavy atom. The molecule has 0 radical (unpaired) electrons. The van der Waals surface area contributed by atoms with E-state index >= 15 is 0 Å². The van der Waals surface area contributed by atoms with Crippen LogP contribution in [0.4, 0.5) is 0 Å². The number of carbonyl (C=O) groups excluding carboxylic acids is 1. The predicted octanol–water partition coefficient (Wildman–Crippen LogP) is 3.06. The molecule has 0 bridgehead atoms. The first-order chi connectivity index (χ1) is 9.91. The van der Waals surface area contributed by atoms with E-state index < -0.39 is 0 Å². The van der Waals surface area contributed by atoms with Gasteiger partial charge in [-0.15, -0.1) is 0 Å². The number of amides is 1. The Bertz CT molecular complexity index is 441. The Hall–Kier alpha value is -1.35. The van der Waals surface area contributed by atoms with Crippen molar-refractivity contribution < 1.29 is 4.79 Å². The van der Waals surface area contributed by atoms with Crippen molar-refractivity contribution in [3.63, 3.8) is 0 Å². The molecule has 0 saturated heterocycles. The van der Waals surface area contributed by atoms with E-state index in [2.05, 4.69) is 42.3 Å². The number of hydrogen-bond acceptors (Lipinski definition) is 2. The van der Waals surface area contributed by atoms with Gasteiger partial charge in [-0.2, -0.15) is 0 Å². The molecule has 118 valence electrons. The van der Waals surface area contributed by atoms with Crippen molar-refractivity contribution in [2.75, 3.05) is 27.2 Å². The van der Waals surface area contributed by atoms with E-state index in [0.29, 0.717) is 5.92 Å². The van der Waals surface area contributed by atoms with Crippen molar-refractivity contribution in [1.29, 1.82) is 0 Å². The van der Waals surface area contributed by atoms with Gasteiger partial charge in [0.1, 0.15) is 0 Å². The van der Waals surface area contributed by atoms with Crippen LogP contribution in [0.3, 0.4) is 0 Å². The molecule has 0 aliphatic rings. The van der Waals surface area contributed by atoms with Crippen molar-refractivity contribution in [2.24, 2.45) is 5.92 Å². The molecule has 0 heterocycles. The Morgan fingerprint density at radius 3 is 2.48 bits per heavy atom. The second-order valence-corrected chi connectivity index (χ2v) is 6.47. The molecule has 0 aliphatic heterocycles. The largest absolute Gasteiger partial charge is 0.356 e. The number of hydrogen-bond donors (Lipinski definition) is 1. The van der Waals surface area contributed by atoms with Crippen molar-refractivity contribution in [3.8, 4) is 0 Å². The fourth-order valence-corrected chi connectivity index (χ4v) is 2.48. The highest BCUT2D eigenvalue weighted by Gasteiger charge is 2.18. The average molecular weight is 290 g/mol. The van der Waals surface area contributed by atoms with Gasteiger partial charge in [-0.3, -0.25) is 4.79 Å². The van der Waals surface area contributed by atoms with Crippen LogP contribution in [0, 0.1) is 5.92 Å². The molecule has 21 heavy (non-hydrogen) atoms. The molecule has 1 unspecified atom stereocenters. The first-order valence-electron chi connectivity index (χ1n) is 7.92. The van der Waals surface area contributed by atoms with Gasteiger partial charge in [-0.25, -0.2) is 0 Å². The normalized spacial score (nSPS) is 12.7. The summed E-state index contributed by atoms with van der Waals surface area (Å²) in [6.07, 6.45) is 2.01. The van der Waals surface area contributed by atoms with Gasteiger partial charge in [0.15, 0.2) is 0 Å². The lowest BCUT2D eigenvalue weighted by Crippen LogP contribution is -2.31. The molecule has 1 N–H and O–H groups in total. The quantitative estimate of drug-likeness (QED) is 0.746. The van der Waals surface area contributed by atoms with E-state index in [1.807, 2.05) is 27.1 Å². The lowest BCUT2D eigenvalue weighted by molar-refractivity contribution is -0.122. The summed E-state index contributed by atoms with van der Waals surface area (Å²) in [6, 6.07) is 8.31. The summed E-state index contributed by atoms with van der Waals surface area (Å²) in [7, 11) is 4.10. The second kappa shape index (κ2) is 8.83. The van der Waals surface area contributed by atoms with Crippen LogP contribution in [-0.2, 0) is 11.2 Å². The summed E-state index contributed by atoms with van der Waals surface area (Å²) in [5.41, 5.74) is 2.46. The SMILES string of the molecule is CC(C)Cc1ccccc1C(C)C(=O)NCCCN(C)C. The fourth-order valence-electron chi connectivity index (χ4n) is 2.48. The van der Waals surface area contributed by atoms with E-state index in [1.165, 1.54) is 5.56 Å². The molecule has 1 aromatic rings. The van der Waals surface area contributed by atoms with E-state index in [-0.39, 0.29) is 11.8 Å². The highest BCUT2D eigenvalue weighted by Crippen LogP contribution is 2.22. The summed E-state index contributed by atoms with van der Waals surface area (Å²) in [5.74, 6) is 0.644. The highest BCUT2D eigenvalue weighted by molar-refractivity contribution is 5.83.